The SMILES string of the molecule is CCN(CC)c1nc(N)nc(N(C)CCN2CCCC2)n1. The van der Waals surface area contributed by atoms with E-state index in [2.05, 4.69) is 43.5 Å². The van der Waals surface area contributed by atoms with E-state index >= 15 is 0 Å². The minimum Gasteiger partial charge on any atom is -0.368 e. The lowest BCUT2D eigenvalue weighted by atomic mass is 10.4. The maximum Gasteiger partial charge on any atom is 0.231 e. The predicted octanol–water partition coefficient (Wildman–Crippen LogP) is 0.832. The number of likely N-dealkylation sites (tertiary alicyclic amines) is 1. The second-order valence-corrected chi connectivity index (χ2v) is 5.44. The summed E-state index contributed by atoms with van der Waals surface area (Å²) in [4.78, 5) is 19.7. The number of aromatic nitrogens is 3. The Morgan fingerprint density at radius 3 is 2.29 bits per heavy atom. The molecule has 7 heteroatoms. The van der Waals surface area contributed by atoms with Crippen molar-refractivity contribution in [2.75, 3.05) is 61.8 Å². The Bertz CT molecular complexity index is 441. The zero-order chi connectivity index (χ0) is 15.2. The summed E-state index contributed by atoms with van der Waals surface area (Å²) in [5, 5.41) is 0. The molecule has 1 aliphatic rings. The van der Waals surface area contributed by atoms with E-state index in [1.165, 1.54) is 25.9 Å². The van der Waals surface area contributed by atoms with Crippen molar-refractivity contribution in [3.63, 3.8) is 0 Å². The highest BCUT2D eigenvalue weighted by Gasteiger charge is 2.15. The van der Waals surface area contributed by atoms with Gasteiger partial charge in [-0.15, -0.1) is 0 Å². The van der Waals surface area contributed by atoms with Gasteiger partial charge in [-0.05, 0) is 39.8 Å². The summed E-state index contributed by atoms with van der Waals surface area (Å²) < 4.78 is 0. The lowest BCUT2D eigenvalue weighted by molar-refractivity contribution is 0.346. The van der Waals surface area contributed by atoms with Crippen LogP contribution in [0, 0.1) is 0 Å². The fraction of sp³-hybridized carbons (Fsp3) is 0.786. The van der Waals surface area contributed by atoms with E-state index in [0.717, 1.165) is 26.2 Å². The Kier molecular flexibility index (Phi) is 5.55. The van der Waals surface area contributed by atoms with Crippen molar-refractivity contribution in [2.45, 2.75) is 26.7 Å². The van der Waals surface area contributed by atoms with E-state index in [9.17, 15) is 0 Å². The number of nitrogens with two attached hydrogens (primary N) is 1. The van der Waals surface area contributed by atoms with Crippen LogP contribution in [-0.2, 0) is 0 Å². The summed E-state index contributed by atoms with van der Waals surface area (Å²) in [7, 11) is 2.01. The molecule has 1 saturated heterocycles. The molecule has 2 N–H and O–H groups in total. The summed E-state index contributed by atoms with van der Waals surface area (Å²) in [6.07, 6.45) is 2.63. The molecule has 0 aliphatic carbocycles. The molecular weight excluding hydrogens is 266 g/mol. The molecule has 0 saturated carbocycles. The summed E-state index contributed by atoms with van der Waals surface area (Å²) in [6, 6.07) is 0. The summed E-state index contributed by atoms with van der Waals surface area (Å²) in [6.45, 7) is 10.2. The van der Waals surface area contributed by atoms with Crippen molar-refractivity contribution < 1.29 is 0 Å². The topological polar surface area (TPSA) is 74.4 Å². The second kappa shape index (κ2) is 7.40. The highest BCUT2D eigenvalue weighted by molar-refractivity contribution is 5.42. The molecule has 2 heterocycles. The quantitative estimate of drug-likeness (QED) is 0.798. The van der Waals surface area contributed by atoms with Crippen LogP contribution in [0.3, 0.4) is 0 Å². The maximum absolute atomic E-state index is 5.84. The second-order valence-electron chi connectivity index (χ2n) is 5.44. The number of hydrogen-bond donors (Lipinski definition) is 1. The average Bonchev–Trinajstić information content (AvgIpc) is 2.99. The van der Waals surface area contributed by atoms with Gasteiger partial charge in [-0.3, -0.25) is 0 Å². The van der Waals surface area contributed by atoms with Crippen LogP contribution in [-0.4, -0.2) is 66.2 Å². The number of hydrogen-bond acceptors (Lipinski definition) is 7. The molecule has 0 radical (unpaired) electrons. The first-order chi connectivity index (χ1) is 10.1. The molecule has 1 fully saturated rings. The molecule has 0 amide bonds. The van der Waals surface area contributed by atoms with Crippen molar-refractivity contribution in [1.29, 1.82) is 0 Å². The lowest BCUT2D eigenvalue weighted by Gasteiger charge is -2.23. The van der Waals surface area contributed by atoms with Gasteiger partial charge < -0.3 is 20.4 Å². The summed E-state index contributed by atoms with van der Waals surface area (Å²) >= 11 is 0. The van der Waals surface area contributed by atoms with Crippen LogP contribution in [0.2, 0.25) is 0 Å². The molecule has 0 unspecified atom stereocenters. The van der Waals surface area contributed by atoms with Gasteiger partial charge >= 0.3 is 0 Å². The molecule has 2 rings (SSSR count). The highest BCUT2D eigenvalue weighted by Crippen LogP contribution is 2.14. The first kappa shape index (κ1) is 15.8. The van der Waals surface area contributed by atoms with Gasteiger partial charge in [-0.2, -0.15) is 15.0 Å². The fourth-order valence-corrected chi connectivity index (χ4v) is 2.59. The van der Waals surface area contributed by atoms with Gasteiger partial charge in [-0.25, -0.2) is 0 Å². The number of likely N-dealkylation sites (N-methyl/N-ethyl adjacent to an activating group) is 1. The molecular formula is C14H27N7. The van der Waals surface area contributed by atoms with Crippen molar-refractivity contribution in [1.82, 2.24) is 19.9 Å². The third kappa shape index (κ3) is 4.17. The molecule has 1 aliphatic heterocycles. The minimum atomic E-state index is 0.287. The lowest BCUT2D eigenvalue weighted by Crippen LogP contribution is -2.33. The van der Waals surface area contributed by atoms with Crippen molar-refractivity contribution in [2.24, 2.45) is 0 Å². The largest absolute Gasteiger partial charge is 0.368 e. The van der Waals surface area contributed by atoms with Crippen molar-refractivity contribution in [3.05, 3.63) is 0 Å². The van der Waals surface area contributed by atoms with Gasteiger partial charge in [0.05, 0.1) is 0 Å². The average molecular weight is 293 g/mol. The third-order valence-electron chi connectivity index (χ3n) is 3.97. The van der Waals surface area contributed by atoms with Crippen LogP contribution in [0.5, 0.6) is 0 Å². The number of anilines is 3. The first-order valence-electron chi connectivity index (χ1n) is 7.84. The fourth-order valence-electron chi connectivity index (χ4n) is 2.59. The molecule has 7 nitrogen and oxygen atoms in total. The van der Waals surface area contributed by atoms with Crippen LogP contribution in [0.4, 0.5) is 17.8 Å². The first-order valence-corrected chi connectivity index (χ1v) is 7.84. The Balaban J connectivity index is 2.03. The van der Waals surface area contributed by atoms with Crippen LogP contribution < -0.4 is 15.5 Å². The highest BCUT2D eigenvalue weighted by atomic mass is 15.3. The van der Waals surface area contributed by atoms with Crippen molar-refractivity contribution in [3.8, 4) is 0 Å². The number of nitrogen functional groups attached to an aromatic ring is 1. The van der Waals surface area contributed by atoms with Gasteiger partial charge in [0.2, 0.25) is 17.8 Å². The number of rotatable bonds is 7. The zero-order valence-electron chi connectivity index (χ0n) is 13.4. The van der Waals surface area contributed by atoms with Gasteiger partial charge in [-0.1, -0.05) is 0 Å². The Morgan fingerprint density at radius 2 is 1.67 bits per heavy atom. The van der Waals surface area contributed by atoms with Crippen LogP contribution in [0.15, 0.2) is 0 Å². The Morgan fingerprint density at radius 1 is 1.05 bits per heavy atom. The van der Waals surface area contributed by atoms with Gasteiger partial charge in [0.15, 0.2) is 0 Å². The van der Waals surface area contributed by atoms with E-state index in [0.29, 0.717) is 11.9 Å². The molecule has 0 atom stereocenters. The normalized spacial score (nSPS) is 15.4. The van der Waals surface area contributed by atoms with E-state index < -0.39 is 0 Å². The van der Waals surface area contributed by atoms with E-state index in [1.54, 1.807) is 0 Å². The molecule has 1 aromatic rings. The van der Waals surface area contributed by atoms with E-state index in [-0.39, 0.29) is 5.95 Å². The van der Waals surface area contributed by atoms with Gasteiger partial charge in [0, 0.05) is 33.2 Å². The summed E-state index contributed by atoms with van der Waals surface area (Å²) in [5.74, 6) is 1.61. The smallest absolute Gasteiger partial charge is 0.231 e. The minimum absolute atomic E-state index is 0.287. The predicted molar refractivity (Wildman–Crippen MR) is 86.7 cm³/mol. The van der Waals surface area contributed by atoms with Crippen LogP contribution >= 0.6 is 0 Å². The molecule has 118 valence electrons. The molecule has 0 aromatic carbocycles. The Labute approximate surface area is 127 Å². The standard InChI is InChI=1S/C14H27N7/c1-4-21(5-2)14-17-12(15)16-13(18-14)19(3)10-11-20-8-6-7-9-20/h4-11H2,1-3H3,(H2,15,16,17,18). The van der Waals surface area contributed by atoms with E-state index in [1.807, 2.05) is 7.05 Å². The molecule has 0 spiro atoms. The van der Waals surface area contributed by atoms with Gasteiger partial charge in [0.1, 0.15) is 0 Å². The third-order valence-corrected chi connectivity index (χ3v) is 3.97. The Hall–Kier alpha value is -1.63. The summed E-state index contributed by atoms with van der Waals surface area (Å²) in [5.41, 5.74) is 5.84. The number of nitrogens with zero attached hydrogens (tertiary/aromatic N) is 6. The monoisotopic (exact) mass is 293 g/mol. The van der Waals surface area contributed by atoms with Crippen molar-refractivity contribution >= 4 is 17.8 Å². The molecule has 21 heavy (non-hydrogen) atoms. The molecule has 0 bridgehead atoms. The van der Waals surface area contributed by atoms with Gasteiger partial charge in [0.25, 0.3) is 0 Å². The maximum atomic E-state index is 5.84. The van der Waals surface area contributed by atoms with E-state index in [4.69, 9.17) is 5.73 Å². The van der Waals surface area contributed by atoms with Crippen LogP contribution in [0.25, 0.3) is 0 Å². The van der Waals surface area contributed by atoms with Crippen LogP contribution in [0.1, 0.15) is 26.7 Å². The molecule has 1 aromatic heterocycles. The zero-order valence-corrected chi connectivity index (χ0v) is 13.4.